The van der Waals surface area contributed by atoms with Crippen LogP contribution >= 0.6 is 0 Å². The van der Waals surface area contributed by atoms with Crippen LogP contribution in [0.25, 0.3) is 0 Å². The Morgan fingerprint density at radius 2 is 2.04 bits per heavy atom. The van der Waals surface area contributed by atoms with Gasteiger partial charge in [-0.15, -0.1) is 0 Å². The van der Waals surface area contributed by atoms with Gasteiger partial charge >= 0.3 is 6.09 Å². The van der Waals surface area contributed by atoms with Gasteiger partial charge in [0.2, 0.25) is 0 Å². The number of nitrogens with one attached hydrogen (secondary N) is 2. The summed E-state index contributed by atoms with van der Waals surface area (Å²) >= 11 is 0. The van der Waals surface area contributed by atoms with E-state index in [1.165, 1.54) is 6.20 Å². The van der Waals surface area contributed by atoms with Crippen LogP contribution < -0.4 is 10.6 Å². The van der Waals surface area contributed by atoms with Gasteiger partial charge in [-0.25, -0.2) is 4.79 Å². The molecule has 1 saturated heterocycles. The summed E-state index contributed by atoms with van der Waals surface area (Å²) < 4.78 is 5.00. The predicted octanol–water partition coefficient (Wildman–Crippen LogP) is 2.86. The maximum Gasteiger partial charge on any atom is 0.409 e. The summed E-state index contributed by atoms with van der Waals surface area (Å²) in [6.07, 6.45) is 2.63. The maximum absolute atomic E-state index is 12.4. The molecule has 7 nitrogen and oxygen atoms in total. The number of carbonyl (C=O) groups is 2. The van der Waals surface area contributed by atoms with Crippen LogP contribution in [-0.2, 0) is 9.53 Å². The van der Waals surface area contributed by atoms with Crippen molar-refractivity contribution in [2.24, 2.45) is 0 Å². The molecule has 1 aromatic carbocycles. The van der Waals surface area contributed by atoms with Crippen LogP contribution in [0.15, 0.2) is 30.0 Å². The number of anilines is 1. The summed E-state index contributed by atoms with van der Waals surface area (Å²) in [7, 11) is 0. The minimum absolute atomic E-state index is 0.0165. The first-order valence-corrected chi connectivity index (χ1v) is 9.11. The summed E-state index contributed by atoms with van der Waals surface area (Å²) in [5, 5.41) is 15.2. The lowest BCUT2D eigenvalue weighted by Gasteiger charge is -2.31. The zero-order valence-corrected chi connectivity index (χ0v) is 16.0. The van der Waals surface area contributed by atoms with Crippen molar-refractivity contribution in [3.63, 3.8) is 0 Å². The van der Waals surface area contributed by atoms with Crippen molar-refractivity contribution in [1.29, 1.82) is 5.26 Å². The predicted molar refractivity (Wildman–Crippen MR) is 103 cm³/mol. The third-order valence-electron chi connectivity index (χ3n) is 4.48. The summed E-state index contributed by atoms with van der Waals surface area (Å²) in [5.41, 5.74) is 2.76. The van der Waals surface area contributed by atoms with E-state index in [0.29, 0.717) is 25.4 Å². The molecule has 2 N–H and O–H groups in total. The fourth-order valence-corrected chi connectivity index (χ4v) is 2.94. The highest BCUT2D eigenvalue weighted by Gasteiger charge is 2.23. The molecular weight excluding hydrogens is 344 g/mol. The fourth-order valence-electron chi connectivity index (χ4n) is 2.94. The van der Waals surface area contributed by atoms with E-state index in [4.69, 9.17) is 4.74 Å². The minimum Gasteiger partial charge on any atom is -0.450 e. The quantitative estimate of drug-likeness (QED) is 0.614. The van der Waals surface area contributed by atoms with Gasteiger partial charge < -0.3 is 20.3 Å². The van der Waals surface area contributed by atoms with Crippen molar-refractivity contribution >= 4 is 17.7 Å². The van der Waals surface area contributed by atoms with Crippen molar-refractivity contribution in [3.8, 4) is 6.07 Å². The monoisotopic (exact) mass is 370 g/mol. The van der Waals surface area contributed by atoms with Crippen LogP contribution in [0.5, 0.6) is 0 Å². The Balaban J connectivity index is 1.90. The van der Waals surface area contributed by atoms with Crippen molar-refractivity contribution < 1.29 is 14.3 Å². The standard InChI is InChI=1S/C20H26N4O3/c1-4-27-20(26)24-9-7-17(8-10-24)22-13-16(12-21)19(25)23-18-6-5-14(2)11-15(18)3/h5-6,11,13,17,22H,4,7-10H2,1-3H3,(H,23,25)/b16-13-. The Morgan fingerprint density at radius 1 is 1.33 bits per heavy atom. The molecule has 0 spiro atoms. The molecule has 1 aromatic rings. The van der Waals surface area contributed by atoms with Gasteiger partial charge in [0, 0.05) is 31.0 Å². The minimum atomic E-state index is -0.444. The van der Waals surface area contributed by atoms with Crippen molar-refractivity contribution in [2.75, 3.05) is 25.0 Å². The molecule has 144 valence electrons. The van der Waals surface area contributed by atoms with Gasteiger partial charge in [-0.3, -0.25) is 4.79 Å². The van der Waals surface area contributed by atoms with Gasteiger partial charge in [-0.1, -0.05) is 17.7 Å². The number of ether oxygens (including phenoxy) is 1. The molecule has 1 aliphatic heterocycles. The van der Waals surface area contributed by atoms with Crippen LogP contribution in [0, 0.1) is 25.2 Å². The second-order valence-electron chi connectivity index (χ2n) is 6.57. The van der Waals surface area contributed by atoms with Crippen LogP contribution in [-0.4, -0.2) is 42.6 Å². The SMILES string of the molecule is CCOC(=O)N1CCC(N/C=C(/C#N)C(=O)Nc2ccc(C)cc2C)CC1. The lowest BCUT2D eigenvalue weighted by molar-refractivity contribution is -0.112. The zero-order chi connectivity index (χ0) is 19.8. The van der Waals surface area contributed by atoms with E-state index in [1.807, 2.05) is 38.1 Å². The number of amides is 2. The molecule has 0 unspecified atom stereocenters. The number of nitriles is 1. The van der Waals surface area contributed by atoms with Crippen molar-refractivity contribution in [1.82, 2.24) is 10.2 Å². The smallest absolute Gasteiger partial charge is 0.409 e. The lowest BCUT2D eigenvalue weighted by atomic mass is 10.1. The first-order valence-electron chi connectivity index (χ1n) is 9.11. The molecule has 0 saturated carbocycles. The van der Waals surface area contributed by atoms with Crippen molar-refractivity contribution in [2.45, 2.75) is 39.7 Å². The average Bonchev–Trinajstić information content (AvgIpc) is 2.65. The topological polar surface area (TPSA) is 94.5 Å². The van der Waals surface area contributed by atoms with Gasteiger partial charge in [0.25, 0.3) is 5.91 Å². The molecule has 27 heavy (non-hydrogen) atoms. The number of hydrogen-bond acceptors (Lipinski definition) is 5. The van der Waals surface area contributed by atoms with Crippen LogP contribution in [0.2, 0.25) is 0 Å². The summed E-state index contributed by atoms with van der Waals surface area (Å²) in [6.45, 7) is 7.21. The summed E-state index contributed by atoms with van der Waals surface area (Å²) in [6, 6.07) is 7.76. The van der Waals surface area contributed by atoms with Crippen molar-refractivity contribution in [3.05, 3.63) is 41.1 Å². The van der Waals surface area contributed by atoms with Gasteiger partial charge in [0.1, 0.15) is 11.6 Å². The number of benzene rings is 1. The Kier molecular flexibility index (Phi) is 7.24. The van der Waals surface area contributed by atoms with E-state index in [9.17, 15) is 14.9 Å². The largest absolute Gasteiger partial charge is 0.450 e. The van der Waals surface area contributed by atoms with E-state index in [-0.39, 0.29) is 17.7 Å². The fraction of sp³-hybridized carbons (Fsp3) is 0.450. The van der Waals surface area contributed by atoms with E-state index in [0.717, 1.165) is 24.0 Å². The normalized spacial score (nSPS) is 15.0. The van der Waals surface area contributed by atoms with E-state index < -0.39 is 5.91 Å². The number of nitrogens with zero attached hydrogens (tertiary/aromatic N) is 2. The molecule has 0 radical (unpaired) electrons. The zero-order valence-electron chi connectivity index (χ0n) is 16.0. The number of carbonyl (C=O) groups excluding carboxylic acids is 2. The molecule has 2 amide bonds. The third-order valence-corrected chi connectivity index (χ3v) is 4.48. The molecule has 0 aliphatic carbocycles. The van der Waals surface area contributed by atoms with Gasteiger partial charge in [0.05, 0.1) is 6.61 Å². The van der Waals surface area contributed by atoms with Gasteiger partial charge in [0.15, 0.2) is 0 Å². The van der Waals surface area contributed by atoms with E-state index in [1.54, 1.807) is 11.8 Å². The Bertz CT molecular complexity index is 759. The molecule has 1 aliphatic rings. The molecule has 1 fully saturated rings. The molecule has 0 atom stereocenters. The second kappa shape index (κ2) is 9.62. The Labute approximate surface area is 160 Å². The highest BCUT2D eigenvalue weighted by atomic mass is 16.6. The van der Waals surface area contributed by atoms with Crippen LogP contribution in [0.1, 0.15) is 30.9 Å². The number of aryl methyl sites for hydroxylation is 2. The second-order valence-corrected chi connectivity index (χ2v) is 6.57. The lowest BCUT2D eigenvalue weighted by Crippen LogP contribution is -2.44. The number of rotatable bonds is 5. The number of piperidine rings is 1. The first kappa shape index (κ1) is 20.3. The maximum atomic E-state index is 12.4. The summed E-state index contributed by atoms with van der Waals surface area (Å²) in [4.78, 5) is 25.7. The van der Waals surface area contributed by atoms with Crippen LogP contribution in [0.4, 0.5) is 10.5 Å². The van der Waals surface area contributed by atoms with Gasteiger partial charge in [-0.2, -0.15) is 5.26 Å². The Hall–Kier alpha value is -3.01. The first-order chi connectivity index (χ1) is 12.9. The average molecular weight is 370 g/mol. The molecule has 2 rings (SSSR count). The van der Waals surface area contributed by atoms with Gasteiger partial charge in [-0.05, 0) is 45.2 Å². The Morgan fingerprint density at radius 3 is 2.63 bits per heavy atom. The molecule has 0 aromatic heterocycles. The molecule has 7 heteroatoms. The summed E-state index contributed by atoms with van der Waals surface area (Å²) in [5.74, 6) is -0.444. The highest BCUT2D eigenvalue weighted by molar-refractivity contribution is 6.06. The van der Waals surface area contributed by atoms with Crippen LogP contribution in [0.3, 0.4) is 0 Å². The molecule has 0 bridgehead atoms. The highest BCUT2D eigenvalue weighted by Crippen LogP contribution is 2.17. The number of hydrogen-bond donors (Lipinski definition) is 2. The van der Waals surface area contributed by atoms with E-state index in [2.05, 4.69) is 10.6 Å². The van der Waals surface area contributed by atoms with E-state index >= 15 is 0 Å². The number of likely N-dealkylation sites (tertiary alicyclic amines) is 1. The third kappa shape index (κ3) is 5.74. The molecule has 1 heterocycles. The molecular formula is C20H26N4O3.